The third kappa shape index (κ3) is 11.5. The minimum Gasteiger partial charge on any atom is -0.120 e. The van der Waals surface area contributed by atoms with E-state index in [1.807, 2.05) is 0 Å². The molecule has 0 bridgehead atoms. The smallest absolute Gasteiger partial charge is 0.117 e. The molecule has 0 atom stereocenters. The summed E-state index contributed by atoms with van der Waals surface area (Å²) in [5, 5.41) is 1.17. The average molecular weight is 83.0 g/mol. The first-order valence-corrected chi connectivity index (χ1v) is 1.93. The molecular weight excluding hydrogens is 78.0 g/mol. The predicted octanol–water partition coefficient (Wildman–Crippen LogP) is 0.212. The van der Waals surface area contributed by atoms with Gasteiger partial charge in [0, 0.05) is 17.4 Å². The van der Waals surface area contributed by atoms with Crippen LogP contribution in [0.2, 0.25) is 5.28 Å². The SMILES string of the molecule is C[CH2][Al].[Al]. The minimum absolute atomic E-state index is 0. The number of hydrogen-bond acceptors (Lipinski definition) is 0. The Balaban J connectivity index is 0. The summed E-state index contributed by atoms with van der Waals surface area (Å²) in [6, 6.07) is 0. The predicted molar refractivity (Wildman–Crippen MR) is 22.0 cm³/mol. The molecule has 0 saturated carbocycles. The van der Waals surface area contributed by atoms with Crippen LogP contribution in [0.1, 0.15) is 6.92 Å². The van der Waals surface area contributed by atoms with E-state index in [4.69, 9.17) is 0 Å². The largest absolute Gasteiger partial charge is 0.120 e. The van der Waals surface area contributed by atoms with Gasteiger partial charge in [-0.25, -0.2) is 0 Å². The van der Waals surface area contributed by atoms with E-state index in [-0.39, 0.29) is 17.4 Å². The van der Waals surface area contributed by atoms with Crippen LogP contribution in [-0.2, 0) is 0 Å². The molecule has 19 valence electrons. The van der Waals surface area contributed by atoms with Gasteiger partial charge in [0.2, 0.25) is 0 Å². The molecule has 0 N–H and O–H groups in total. The van der Waals surface area contributed by atoms with Crippen LogP contribution < -0.4 is 0 Å². The summed E-state index contributed by atoms with van der Waals surface area (Å²) in [7, 11) is 0. The molecule has 0 heterocycles. The van der Waals surface area contributed by atoms with Crippen LogP contribution in [-0.4, -0.2) is 33.7 Å². The zero-order valence-corrected chi connectivity index (χ0v) is 5.17. The molecule has 0 fully saturated rings. The molecule has 0 aliphatic heterocycles. The first kappa shape index (κ1) is 8.91. The average Bonchev–Trinajstić information content (AvgIpc) is 0.918. The monoisotopic (exact) mass is 83.0 g/mol. The molecule has 0 aromatic heterocycles. The van der Waals surface area contributed by atoms with Crippen LogP contribution in [0.15, 0.2) is 0 Å². The number of hydrogen-bond donors (Lipinski definition) is 0. The van der Waals surface area contributed by atoms with Gasteiger partial charge in [0.25, 0.3) is 0 Å². The Labute approximate surface area is 46.1 Å². The Kier molecular flexibility index (Phi) is 19.9. The van der Waals surface area contributed by atoms with Crippen LogP contribution >= 0.6 is 0 Å². The van der Waals surface area contributed by atoms with Gasteiger partial charge in [-0.1, -0.05) is 6.92 Å². The zero-order valence-electron chi connectivity index (χ0n) is 2.86. The van der Waals surface area contributed by atoms with Gasteiger partial charge < -0.3 is 0 Å². The summed E-state index contributed by atoms with van der Waals surface area (Å²) < 4.78 is 0. The molecule has 4 heavy (non-hydrogen) atoms. The van der Waals surface area contributed by atoms with Gasteiger partial charge in [0.1, 0.15) is 16.3 Å². The first-order chi connectivity index (χ1) is 1.41. The molecule has 0 aliphatic rings. The Morgan fingerprint density at radius 2 is 1.75 bits per heavy atom. The second-order valence-corrected chi connectivity index (χ2v) is 1.22. The van der Waals surface area contributed by atoms with Crippen molar-refractivity contribution < 1.29 is 0 Å². The molecule has 2 heteroatoms. The van der Waals surface area contributed by atoms with Crippen molar-refractivity contribution in [3.63, 3.8) is 0 Å². The van der Waals surface area contributed by atoms with Gasteiger partial charge in [-0.05, 0) is 0 Å². The van der Waals surface area contributed by atoms with Crippen molar-refractivity contribution >= 4 is 33.7 Å². The minimum atomic E-state index is 0. The standard InChI is InChI=1S/C2H5.2Al/c1-2;;/h1H2,2H3;;. The van der Waals surface area contributed by atoms with Gasteiger partial charge in [-0.15, -0.1) is 5.28 Å². The molecule has 0 aromatic rings. The third-order valence-electron chi connectivity index (χ3n) is 0. The van der Waals surface area contributed by atoms with Crippen LogP contribution in [0.4, 0.5) is 0 Å². The quantitative estimate of drug-likeness (QED) is 0.367. The van der Waals surface area contributed by atoms with E-state index in [0.717, 1.165) is 0 Å². The molecule has 0 spiro atoms. The van der Waals surface area contributed by atoms with Gasteiger partial charge in [-0.3, -0.25) is 0 Å². The van der Waals surface area contributed by atoms with Crippen LogP contribution in [0.3, 0.4) is 0 Å². The van der Waals surface area contributed by atoms with Crippen molar-refractivity contribution in [1.82, 2.24) is 0 Å². The highest BCUT2D eigenvalue weighted by Crippen LogP contribution is 1.49. The molecule has 0 saturated heterocycles. The molecule has 0 amide bonds. The van der Waals surface area contributed by atoms with Gasteiger partial charge in [-0.2, -0.15) is 0 Å². The van der Waals surface area contributed by atoms with Crippen LogP contribution in [0.5, 0.6) is 0 Å². The lowest BCUT2D eigenvalue weighted by Gasteiger charge is -1.47. The summed E-state index contributed by atoms with van der Waals surface area (Å²) in [4.78, 5) is 0. The lowest BCUT2D eigenvalue weighted by molar-refractivity contribution is 1.48. The van der Waals surface area contributed by atoms with Gasteiger partial charge in [0.05, 0.1) is 0 Å². The fourth-order valence-corrected chi connectivity index (χ4v) is 0. The summed E-state index contributed by atoms with van der Waals surface area (Å²) >= 11 is 2.58. The molecule has 0 aromatic carbocycles. The highest BCUT2D eigenvalue weighted by Gasteiger charge is 1.37. The van der Waals surface area contributed by atoms with E-state index in [1.165, 1.54) is 5.28 Å². The molecule has 5 radical (unpaired) electrons. The van der Waals surface area contributed by atoms with Crippen molar-refractivity contribution in [2.75, 3.05) is 0 Å². The fraction of sp³-hybridized carbons (Fsp3) is 1.00. The Morgan fingerprint density at radius 1 is 1.75 bits per heavy atom. The zero-order chi connectivity index (χ0) is 2.71. The number of rotatable bonds is 0. The maximum Gasteiger partial charge on any atom is 0.117 e. The van der Waals surface area contributed by atoms with Crippen molar-refractivity contribution in [3.05, 3.63) is 0 Å². The summed E-state index contributed by atoms with van der Waals surface area (Å²) in [6.07, 6.45) is 0. The summed E-state index contributed by atoms with van der Waals surface area (Å²) in [6.45, 7) is 2.09. The lowest BCUT2D eigenvalue weighted by Crippen LogP contribution is -1.41. The van der Waals surface area contributed by atoms with Crippen molar-refractivity contribution in [2.24, 2.45) is 0 Å². The van der Waals surface area contributed by atoms with Crippen molar-refractivity contribution in [3.8, 4) is 0 Å². The van der Waals surface area contributed by atoms with E-state index in [2.05, 4.69) is 23.2 Å². The van der Waals surface area contributed by atoms with Crippen molar-refractivity contribution in [1.29, 1.82) is 0 Å². The van der Waals surface area contributed by atoms with Crippen LogP contribution in [0, 0.1) is 0 Å². The summed E-state index contributed by atoms with van der Waals surface area (Å²) in [5.41, 5.74) is 0. The molecule has 0 rings (SSSR count). The van der Waals surface area contributed by atoms with E-state index in [1.54, 1.807) is 0 Å². The normalized spacial score (nSPS) is 4.25. The maximum absolute atomic E-state index is 2.58. The highest BCUT2D eigenvalue weighted by atomic mass is 27.0. The summed E-state index contributed by atoms with van der Waals surface area (Å²) in [5.74, 6) is 0. The topological polar surface area (TPSA) is 0 Å². The molecule has 0 unspecified atom stereocenters. The second-order valence-electron chi connectivity index (χ2n) is 0.408. The van der Waals surface area contributed by atoms with E-state index >= 15 is 0 Å². The van der Waals surface area contributed by atoms with E-state index < -0.39 is 0 Å². The molecular formula is C2H5Al2. The van der Waals surface area contributed by atoms with E-state index in [9.17, 15) is 0 Å². The van der Waals surface area contributed by atoms with Gasteiger partial charge in [0.15, 0.2) is 0 Å². The second kappa shape index (κ2) is 8.96. The highest BCUT2D eigenvalue weighted by molar-refractivity contribution is 6.08. The lowest BCUT2D eigenvalue weighted by atomic mass is 11.0. The third-order valence-corrected chi connectivity index (χ3v) is 0. The Bertz CT molecular complexity index is 4.00. The Morgan fingerprint density at radius 3 is 1.75 bits per heavy atom. The van der Waals surface area contributed by atoms with Gasteiger partial charge >= 0.3 is 0 Å². The Hall–Kier alpha value is 1.06. The van der Waals surface area contributed by atoms with Crippen molar-refractivity contribution in [2.45, 2.75) is 12.2 Å². The maximum atomic E-state index is 2.58. The van der Waals surface area contributed by atoms with Crippen LogP contribution in [0.25, 0.3) is 0 Å². The molecule has 0 aliphatic carbocycles. The fourth-order valence-electron chi connectivity index (χ4n) is 0. The van der Waals surface area contributed by atoms with E-state index in [0.29, 0.717) is 0 Å². The molecule has 0 nitrogen and oxygen atoms in total. The first-order valence-electron chi connectivity index (χ1n) is 1.12.